The highest BCUT2D eigenvalue weighted by Gasteiger charge is 2.20. The van der Waals surface area contributed by atoms with E-state index in [4.69, 9.17) is 4.52 Å². The maximum Gasteiger partial charge on any atom is 0.223 e. The Morgan fingerprint density at radius 1 is 1.64 bits per heavy atom. The quantitative estimate of drug-likeness (QED) is 0.825. The van der Waals surface area contributed by atoms with Gasteiger partial charge in [0, 0.05) is 18.7 Å². The van der Waals surface area contributed by atoms with Gasteiger partial charge in [-0.05, 0) is 19.1 Å². The molecule has 0 bridgehead atoms. The lowest BCUT2D eigenvalue weighted by Gasteiger charge is -2.15. The van der Waals surface area contributed by atoms with Gasteiger partial charge in [0.2, 0.25) is 5.89 Å². The zero-order chi connectivity index (χ0) is 9.97. The number of hydrogen-bond acceptors (Lipinski definition) is 5. The number of nitrogens with one attached hydrogen (secondary N) is 1. The summed E-state index contributed by atoms with van der Waals surface area (Å²) in [5, 5.41) is 7.40. The molecule has 2 atom stereocenters. The molecule has 1 aromatic rings. The van der Waals surface area contributed by atoms with Gasteiger partial charge in [0.05, 0.1) is 6.04 Å². The van der Waals surface area contributed by atoms with Crippen LogP contribution in [0.3, 0.4) is 0 Å². The number of hydrogen-bond donors (Lipinski definition) is 1. The van der Waals surface area contributed by atoms with E-state index in [-0.39, 0.29) is 6.04 Å². The fourth-order valence-corrected chi connectivity index (χ4v) is 2.75. The molecule has 1 N–H and O–H groups in total. The fourth-order valence-electron chi connectivity index (χ4n) is 1.58. The molecule has 0 spiro atoms. The second kappa shape index (κ2) is 4.31. The third-order valence-electron chi connectivity index (χ3n) is 2.35. The number of rotatable bonds is 3. The molecule has 0 saturated carbocycles. The molecule has 1 aliphatic heterocycles. The Labute approximate surface area is 87.8 Å². The van der Waals surface area contributed by atoms with Crippen molar-refractivity contribution in [1.29, 1.82) is 0 Å². The van der Waals surface area contributed by atoms with E-state index < -0.39 is 0 Å². The Bertz CT molecular complexity index is 296. The zero-order valence-electron chi connectivity index (χ0n) is 8.49. The molecule has 1 aliphatic rings. The summed E-state index contributed by atoms with van der Waals surface area (Å²) in [6, 6.07) is 0.796. The summed E-state index contributed by atoms with van der Waals surface area (Å²) >= 11 is 2.00. The summed E-state index contributed by atoms with van der Waals surface area (Å²) in [5.74, 6) is 3.85. The molecule has 0 radical (unpaired) electrons. The molecule has 2 rings (SSSR count). The zero-order valence-corrected chi connectivity index (χ0v) is 9.30. The lowest BCUT2D eigenvalue weighted by molar-refractivity contribution is 0.375. The van der Waals surface area contributed by atoms with Crippen molar-refractivity contribution in [3.05, 3.63) is 11.7 Å². The Hall–Kier alpha value is -0.550. The molecule has 0 aromatic carbocycles. The van der Waals surface area contributed by atoms with Gasteiger partial charge in [-0.15, -0.1) is 0 Å². The second-order valence-electron chi connectivity index (χ2n) is 3.62. The third kappa shape index (κ3) is 2.27. The minimum atomic E-state index is 0.191. The average molecular weight is 213 g/mol. The topological polar surface area (TPSA) is 51.0 Å². The highest BCUT2D eigenvalue weighted by Crippen LogP contribution is 2.20. The first kappa shape index (κ1) is 9.98. The summed E-state index contributed by atoms with van der Waals surface area (Å²) in [7, 11) is 0. The van der Waals surface area contributed by atoms with Gasteiger partial charge in [0.25, 0.3) is 0 Å². The summed E-state index contributed by atoms with van der Waals surface area (Å²) < 4.78 is 4.94. The highest BCUT2D eigenvalue weighted by atomic mass is 32.2. The maximum atomic E-state index is 4.94. The lowest BCUT2D eigenvalue weighted by atomic mass is 10.2. The van der Waals surface area contributed by atoms with E-state index in [1.807, 2.05) is 18.7 Å². The van der Waals surface area contributed by atoms with Crippen molar-refractivity contribution < 1.29 is 4.52 Å². The monoisotopic (exact) mass is 213 g/mol. The summed E-state index contributed by atoms with van der Waals surface area (Å²) in [5.41, 5.74) is 0. The van der Waals surface area contributed by atoms with Crippen molar-refractivity contribution in [2.45, 2.75) is 32.4 Å². The van der Waals surface area contributed by atoms with Crippen LogP contribution in [0.5, 0.6) is 0 Å². The van der Waals surface area contributed by atoms with Gasteiger partial charge >= 0.3 is 0 Å². The first-order valence-electron chi connectivity index (χ1n) is 4.89. The number of aryl methyl sites for hydroxylation is 1. The Balaban J connectivity index is 1.91. The molecule has 2 unspecified atom stereocenters. The predicted molar refractivity (Wildman–Crippen MR) is 56.3 cm³/mol. The molecule has 4 nitrogen and oxygen atoms in total. The normalized spacial score (nSPS) is 24.0. The molecule has 1 fully saturated rings. The molecule has 0 aliphatic carbocycles. The van der Waals surface area contributed by atoms with Gasteiger partial charge in [-0.1, -0.05) is 5.16 Å². The Morgan fingerprint density at radius 2 is 2.50 bits per heavy atom. The predicted octanol–water partition coefficient (Wildman–Crippen LogP) is 1.53. The second-order valence-corrected chi connectivity index (χ2v) is 4.77. The van der Waals surface area contributed by atoms with Gasteiger partial charge in [0.1, 0.15) is 0 Å². The molecule has 14 heavy (non-hydrogen) atoms. The van der Waals surface area contributed by atoms with Crippen LogP contribution in [-0.2, 0) is 0 Å². The maximum absolute atomic E-state index is 4.94. The van der Waals surface area contributed by atoms with Crippen molar-refractivity contribution in [2.75, 3.05) is 11.5 Å². The van der Waals surface area contributed by atoms with Crippen LogP contribution < -0.4 is 5.32 Å². The van der Waals surface area contributed by atoms with Crippen LogP contribution in [0.1, 0.15) is 31.1 Å². The standard InChI is InChI=1S/C9H15N3OS/c1-6(9-11-7(2)13-12-9)10-8-3-4-14-5-8/h6,8,10H,3-5H2,1-2H3. The smallest absolute Gasteiger partial charge is 0.223 e. The van der Waals surface area contributed by atoms with Crippen LogP contribution >= 0.6 is 11.8 Å². The van der Waals surface area contributed by atoms with Crippen molar-refractivity contribution >= 4 is 11.8 Å². The molecule has 1 saturated heterocycles. The number of nitrogens with zero attached hydrogens (tertiary/aromatic N) is 2. The average Bonchev–Trinajstić information content (AvgIpc) is 2.75. The van der Waals surface area contributed by atoms with Crippen LogP contribution in [0.25, 0.3) is 0 Å². The van der Waals surface area contributed by atoms with E-state index in [2.05, 4.69) is 22.4 Å². The minimum Gasteiger partial charge on any atom is -0.340 e. The fraction of sp³-hybridized carbons (Fsp3) is 0.778. The first-order valence-corrected chi connectivity index (χ1v) is 6.05. The molecule has 78 valence electrons. The number of thioether (sulfide) groups is 1. The van der Waals surface area contributed by atoms with Gasteiger partial charge in [-0.3, -0.25) is 0 Å². The first-order chi connectivity index (χ1) is 6.75. The summed E-state index contributed by atoms with van der Waals surface area (Å²) in [6.45, 7) is 3.89. The number of aromatic nitrogens is 2. The Morgan fingerprint density at radius 3 is 3.07 bits per heavy atom. The summed E-state index contributed by atoms with van der Waals surface area (Å²) in [4.78, 5) is 4.21. The van der Waals surface area contributed by atoms with Crippen LogP contribution in [0, 0.1) is 6.92 Å². The molecular weight excluding hydrogens is 198 g/mol. The van der Waals surface area contributed by atoms with E-state index in [9.17, 15) is 0 Å². The molecule has 5 heteroatoms. The van der Waals surface area contributed by atoms with Crippen LogP contribution in [0.4, 0.5) is 0 Å². The van der Waals surface area contributed by atoms with E-state index >= 15 is 0 Å². The van der Waals surface area contributed by atoms with E-state index in [0.29, 0.717) is 11.9 Å². The van der Waals surface area contributed by atoms with E-state index in [1.54, 1.807) is 0 Å². The van der Waals surface area contributed by atoms with Crippen LogP contribution in [0.15, 0.2) is 4.52 Å². The van der Waals surface area contributed by atoms with Crippen LogP contribution in [-0.4, -0.2) is 27.7 Å². The molecule has 1 aromatic heterocycles. The van der Waals surface area contributed by atoms with Crippen molar-refractivity contribution in [2.24, 2.45) is 0 Å². The highest BCUT2D eigenvalue weighted by molar-refractivity contribution is 7.99. The van der Waals surface area contributed by atoms with Crippen molar-refractivity contribution in [1.82, 2.24) is 15.5 Å². The van der Waals surface area contributed by atoms with Crippen molar-refractivity contribution in [3.63, 3.8) is 0 Å². The van der Waals surface area contributed by atoms with Gasteiger partial charge in [-0.25, -0.2) is 0 Å². The SMILES string of the molecule is Cc1nc(C(C)NC2CCSC2)no1. The van der Waals surface area contributed by atoms with Crippen LogP contribution in [0.2, 0.25) is 0 Å². The molecule has 2 heterocycles. The molecular formula is C9H15N3OS. The molecule has 0 amide bonds. The van der Waals surface area contributed by atoms with E-state index in [0.717, 1.165) is 5.82 Å². The van der Waals surface area contributed by atoms with Gasteiger partial charge < -0.3 is 9.84 Å². The third-order valence-corrected chi connectivity index (χ3v) is 3.51. The lowest BCUT2D eigenvalue weighted by Crippen LogP contribution is -2.31. The van der Waals surface area contributed by atoms with Gasteiger partial charge in [0.15, 0.2) is 5.82 Å². The summed E-state index contributed by atoms with van der Waals surface area (Å²) in [6.07, 6.45) is 1.24. The Kier molecular flexibility index (Phi) is 3.08. The van der Waals surface area contributed by atoms with Crippen molar-refractivity contribution in [3.8, 4) is 0 Å². The largest absolute Gasteiger partial charge is 0.340 e. The van der Waals surface area contributed by atoms with Gasteiger partial charge in [-0.2, -0.15) is 16.7 Å². The van der Waals surface area contributed by atoms with E-state index in [1.165, 1.54) is 17.9 Å². The minimum absolute atomic E-state index is 0.191.